The van der Waals surface area contributed by atoms with Crippen LogP contribution in [0.2, 0.25) is 0 Å². The standard InChI is InChI=1S/C6H9N3S/c1-5-3-8-6(10-5)4-9-7-2/h3,9H,2,4H2,1H3. The second kappa shape index (κ2) is 3.31. The largest absolute Gasteiger partial charge is 0.304 e. The summed E-state index contributed by atoms with van der Waals surface area (Å²) < 4.78 is 0. The predicted molar refractivity (Wildman–Crippen MR) is 43.2 cm³/mol. The average molecular weight is 155 g/mol. The molecular formula is C6H9N3S. The Morgan fingerprint density at radius 2 is 2.70 bits per heavy atom. The molecule has 0 saturated carbocycles. The molecule has 54 valence electrons. The molecule has 1 heterocycles. The minimum atomic E-state index is 0.683. The fourth-order valence-corrected chi connectivity index (χ4v) is 1.33. The Kier molecular flexibility index (Phi) is 2.39. The maximum atomic E-state index is 4.12. The Morgan fingerprint density at radius 1 is 1.90 bits per heavy atom. The molecule has 0 spiro atoms. The van der Waals surface area contributed by atoms with Crippen molar-refractivity contribution in [3.63, 3.8) is 0 Å². The monoisotopic (exact) mass is 155 g/mol. The van der Waals surface area contributed by atoms with E-state index in [9.17, 15) is 0 Å². The highest BCUT2D eigenvalue weighted by molar-refractivity contribution is 7.11. The van der Waals surface area contributed by atoms with Gasteiger partial charge in [0.05, 0.1) is 6.54 Å². The molecule has 0 aliphatic carbocycles. The summed E-state index contributed by atoms with van der Waals surface area (Å²) >= 11 is 1.67. The Morgan fingerprint density at radius 3 is 3.20 bits per heavy atom. The van der Waals surface area contributed by atoms with Crippen molar-refractivity contribution in [3.05, 3.63) is 16.1 Å². The lowest BCUT2D eigenvalue weighted by Crippen LogP contribution is -2.02. The number of aromatic nitrogens is 1. The topological polar surface area (TPSA) is 37.3 Å². The molecule has 0 fully saturated rings. The summed E-state index contributed by atoms with van der Waals surface area (Å²) in [4.78, 5) is 5.34. The van der Waals surface area contributed by atoms with Crippen molar-refractivity contribution in [2.45, 2.75) is 13.5 Å². The van der Waals surface area contributed by atoms with E-state index >= 15 is 0 Å². The van der Waals surface area contributed by atoms with E-state index in [-0.39, 0.29) is 0 Å². The minimum Gasteiger partial charge on any atom is -0.304 e. The first-order chi connectivity index (χ1) is 4.83. The first kappa shape index (κ1) is 7.21. The SMILES string of the molecule is C=NNCc1ncc(C)s1. The van der Waals surface area contributed by atoms with Crippen molar-refractivity contribution in [2.75, 3.05) is 0 Å². The molecule has 0 radical (unpaired) electrons. The maximum absolute atomic E-state index is 4.12. The van der Waals surface area contributed by atoms with E-state index in [1.54, 1.807) is 11.3 Å². The predicted octanol–water partition coefficient (Wildman–Crippen LogP) is 1.16. The Balaban J connectivity index is 2.49. The number of hydrazone groups is 1. The van der Waals surface area contributed by atoms with Gasteiger partial charge in [-0.1, -0.05) is 0 Å². The third-order valence-corrected chi connectivity index (χ3v) is 1.92. The van der Waals surface area contributed by atoms with Crippen molar-refractivity contribution in [3.8, 4) is 0 Å². The summed E-state index contributed by atoms with van der Waals surface area (Å²) in [5.41, 5.74) is 2.74. The molecule has 0 aliphatic rings. The molecule has 0 atom stereocenters. The molecule has 0 aromatic carbocycles. The molecule has 1 aromatic rings. The van der Waals surface area contributed by atoms with Crippen LogP contribution in [0.4, 0.5) is 0 Å². The van der Waals surface area contributed by atoms with Crippen LogP contribution in [0, 0.1) is 6.92 Å². The van der Waals surface area contributed by atoms with Gasteiger partial charge < -0.3 is 5.43 Å². The number of rotatable bonds is 3. The van der Waals surface area contributed by atoms with Gasteiger partial charge in [0.25, 0.3) is 0 Å². The summed E-state index contributed by atoms with van der Waals surface area (Å²) in [5, 5.41) is 4.55. The highest BCUT2D eigenvalue weighted by atomic mass is 32.1. The molecule has 0 amide bonds. The van der Waals surface area contributed by atoms with Crippen LogP contribution in [-0.4, -0.2) is 11.7 Å². The molecule has 1 aromatic heterocycles. The van der Waals surface area contributed by atoms with Gasteiger partial charge in [-0.05, 0) is 6.92 Å². The Bertz CT molecular complexity index is 219. The molecule has 3 nitrogen and oxygen atoms in total. The molecule has 1 N–H and O–H groups in total. The van der Waals surface area contributed by atoms with Crippen LogP contribution >= 0.6 is 11.3 Å². The Labute approximate surface area is 63.8 Å². The fourth-order valence-electron chi connectivity index (χ4n) is 0.607. The third kappa shape index (κ3) is 1.80. The second-order valence-corrected chi connectivity index (χ2v) is 3.18. The average Bonchev–Trinajstić information content (AvgIpc) is 2.31. The van der Waals surface area contributed by atoms with Gasteiger partial charge in [0, 0.05) is 17.8 Å². The van der Waals surface area contributed by atoms with Crippen molar-refractivity contribution in [2.24, 2.45) is 5.10 Å². The van der Waals surface area contributed by atoms with Gasteiger partial charge in [-0.15, -0.1) is 11.3 Å². The van der Waals surface area contributed by atoms with Crippen LogP contribution in [0.3, 0.4) is 0 Å². The fraction of sp³-hybridized carbons (Fsp3) is 0.333. The molecule has 0 unspecified atom stereocenters. The molecule has 0 bridgehead atoms. The zero-order valence-corrected chi connectivity index (χ0v) is 6.61. The van der Waals surface area contributed by atoms with E-state index in [1.807, 2.05) is 13.1 Å². The van der Waals surface area contributed by atoms with Gasteiger partial charge in [0.1, 0.15) is 5.01 Å². The number of hydrogen-bond donors (Lipinski definition) is 1. The van der Waals surface area contributed by atoms with Gasteiger partial charge in [0.15, 0.2) is 0 Å². The van der Waals surface area contributed by atoms with Crippen LogP contribution in [0.1, 0.15) is 9.88 Å². The highest BCUT2D eigenvalue weighted by Gasteiger charge is 1.94. The van der Waals surface area contributed by atoms with E-state index in [2.05, 4.69) is 22.2 Å². The lowest BCUT2D eigenvalue weighted by Gasteiger charge is -1.91. The van der Waals surface area contributed by atoms with Crippen LogP contribution in [0.25, 0.3) is 0 Å². The van der Waals surface area contributed by atoms with E-state index in [1.165, 1.54) is 4.88 Å². The first-order valence-corrected chi connectivity index (χ1v) is 3.74. The zero-order valence-electron chi connectivity index (χ0n) is 5.79. The number of hydrogen-bond acceptors (Lipinski definition) is 4. The molecule has 1 rings (SSSR count). The summed E-state index contributed by atoms with van der Waals surface area (Å²) in [6, 6.07) is 0. The lowest BCUT2D eigenvalue weighted by molar-refractivity contribution is 0.745. The zero-order chi connectivity index (χ0) is 7.40. The smallest absolute Gasteiger partial charge is 0.114 e. The minimum absolute atomic E-state index is 0.683. The summed E-state index contributed by atoms with van der Waals surface area (Å²) in [7, 11) is 0. The van der Waals surface area contributed by atoms with Crippen LogP contribution in [0.5, 0.6) is 0 Å². The molecule has 0 aliphatic heterocycles. The Hall–Kier alpha value is -0.900. The normalized spacial score (nSPS) is 9.30. The van der Waals surface area contributed by atoms with Gasteiger partial charge in [-0.3, -0.25) is 0 Å². The molecule has 0 saturated heterocycles. The summed E-state index contributed by atoms with van der Waals surface area (Å²) in [5.74, 6) is 0. The van der Waals surface area contributed by atoms with E-state index in [4.69, 9.17) is 0 Å². The lowest BCUT2D eigenvalue weighted by atomic mass is 10.6. The number of nitrogens with zero attached hydrogens (tertiary/aromatic N) is 2. The number of nitrogens with one attached hydrogen (secondary N) is 1. The summed E-state index contributed by atoms with van der Waals surface area (Å²) in [6.07, 6.45) is 1.85. The molecular weight excluding hydrogens is 146 g/mol. The van der Waals surface area contributed by atoms with E-state index in [0.717, 1.165) is 5.01 Å². The van der Waals surface area contributed by atoms with Gasteiger partial charge >= 0.3 is 0 Å². The highest BCUT2D eigenvalue weighted by Crippen LogP contribution is 2.09. The van der Waals surface area contributed by atoms with Crippen LogP contribution < -0.4 is 5.43 Å². The number of aryl methyl sites for hydroxylation is 1. The van der Waals surface area contributed by atoms with Gasteiger partial charge in [0.2, 0.25) is 0 Å². The van der Waals surface area contributed by atoms with Crippen LogP contribution in [-0.2, 0) is 6.54 Å². The maximum Gasteiger partial charge on any atom is 0.114 e. The van der Waals surface area contributed by atoms with Crippen LogP contribution in [0.15, 0.2) is 11.3 Å². The molecule has 4 heteroatoms. The van der Waals surface area contributed by atoms with Crippen molar-refractivity contribution in [1.82, 2.24) is 10.4 Å². The van der Waals surface area contributed by atoms with Crippen molar-refractivity contribution < 1.29 is 0 Å². The number of thiazole rings is 1. The van der Waals surface area contributed by atoms with Gasteiger partial charge in [-0.25, -0.2) is 4.98 Å². The van der Waals surface area contributed by atoms with E-state index < -0.39 is 0 Å². The van der Waals surface area contributed by atoms with E-state index in [0.29, 0.717) is 6.54 Å². The quantitative estimate of drug-likeness (QED) is 0.525. The van der Waals surface area contributed by atoms with Crippen molar-refractivity contribution >= 4 is 18.1 Å². The van der Waals surface area contributed by atoms with Crippen molar-refractivity contribution in [1.29, 1.82) is 0 Å². The van der Waals surface area contributed by atoms with Gasteiger partial charge in [-0.2, -0.15) is 5.10 Å². The first-order valence-electron chi connectivity index (χ1n) is 2.93. The third-order valence-electron chi connectivity index (χ3n) is 1.01. The summed E-state index contributed by atoms with van der Waals surface area (Å²) in [6.45, 7) is 6.01. The molecule has 10 heavy (non-hydrogen) atoms. The second-order valence-electron chi connectivity index (χ2n) is 1.86.